The molecule has 0 amide bonds. The molecular formula is C6H8Cl2N4O2S. The van der Waals surface area contributed by atoms with Crippen LogP contribution in [-0.2, 0) is 9.63 Å². The molecule has 1 aromatic rings. The summed E-state index contributed by atoms with van der Waals surface area (Å²) in [5, 5.41) is 2.94. The van der Waals surface area contributed by atoms with Gasteiger partial charge in [0.2, 0.25) is 11.5 Å². The summed E-state index contributed by atoms with van der Waals surface area (Å²) in [4.78, 5) is 19.3. The Morgan fingerprint density at radius 3 is 2.80 bits per heavy atom. The molecule has 0 aliphatic carbocycles. The minimum absolute atomic E-state index is 0. The highest BCUT2D eigenvalue weighted by Crippen LogP contribution is 2.08. The number of nitrogen functional groups attached to an aromatic ring is 1. The third-order valence-electron chi connectivity index (χ3n) is 1.12. The molecule has 0 aliphatic heterocycles. The third kappa shape index (κ3) is 3.98. The van der Waals surface area contributed by atoms with Gasteiger partial charge in [0.05, 0.1) is 0 Å². The largest absolute Gasteiger partial charge is 0.395 e. The van der Waals surface area contributed by atoms with Gasteiger partial charge in [-0.15, -0.1) is 12.4 Å². The van der Waals surface area contributed by atoms with Crippen molar-refractivity contribution < 1.29 is 9.63 Å². The first-order chi connectivity index (χ1) is 6.65. The highest BCUT2D eigenvalue weighted by molar-refractivity contribution is 7.09. The van der Waals surface area contributed by atoms with E-state index < -0.39 is 5.24 Å². The topological polar surface area (TPSA) is 90.5 Å². The standard InChI is InChI=1S/C6H7ClN4O2S.ClH/c1-2-13-10-3(4(7)12)5-9-6(8)14-11-5;/h2H2,1H3,(H2,8,9,11);1H. The van der Waals surface area contributed by atoms with Crippen molar-refractivity contribution in [2.45, 2.75) is 6.92 Å². The molecule has 0 bridgehead atoms. The van der Waals surface area contributed by atoms with Crippen LogP contribution in [0.5, 0.6) is 0 Å². The fourth-order valence-corrected chi connectivity index (χ4v) is 1.18. The Morgan fingerprint density at radius 1 is 1.73 bits per heavy atom. The number of anilines is 1. The summed E-state index contributed by atoms with van der Waals surface area (Å²) in [6, 6.07) is 0. The molecule has 0 atom stereocenters. The number of oxime groups is 1. The molecule has 1 aromatic heterocycles. The van der Waals surface area contributed by atoms with E-state index in [1.165, 1.54) is 0 Å². The Labute approximate surface area is 101 Å². The Kier molecular flexibility index (Phi) is 6.14. The molecule has 6 nitrogen and oxygen atoms in total. The number of aromatic nitrogens is 2. The highest BCUT2D eigenvalue weighted by atomic mass is 35.5. The van der Waals surface area contributed by atoms with Gasteiger partial charge in [-0.2, -0.15) is 9.36 Å². The van der Waals surface area contributed by atoms with Gasteiger partial charge in [0, 0.05) is 11.5 Å². The molecule has 0 saturated carbocycles. The van der Waals surface area contributed by atoms with Crippen LogP contribution in [0, 0.1) is 0 Å². The normalized spacial score (nSPS) is 10.7. The molecular weight excluding hydrogens is 263 g/mol. The number of nitrogens with two attached hydrogens (primary N) is 1. The number of hydrogen-bond acceptors (Lipinski definition) is 7. The fourth-order valence-electron chi connectivity index (χ4n) is 0.625. The first kappa shape index (κ1) is 14.1. The van der Waals surface area contributed by atoms with Gasteiger partial charge in [0.25, 0.3) is 5.24 Å². The molecule has 0 aromatic carbocycles. The van der Waals surface area contributed by atoms with Crippen molar-refractivity contribution in [2.75, 3.05) is 12.3 Å². The lowest BCUT2D eigenvalue weighted by atomic mass is 10.4. The molecule has 0 aliphatic rings. The van der Waals surface area contributed by atoms with E-state index in [0.717, 1.165) is 11.5 Å². The van der Waals surface area contributed by atoms with Crippen molar-refractivity contribution in [1.29, 1.82) is 0 Å². The van der Waals surface area contributed by atoms with Crippen molar-refractivity contribution in [3.63, 3.8) is 0 Å². The maximum Gasteiger partial charge on any atom is 0.278 e. The maximum atomic E-state index is 10.9. The number of carbonyl (C=O) groups is 1. The SMILES string of the molecule is CCON=C(C(=O)Cl)c1nsc(N)n1.Cl. The summed E-state index contributed by atoms with van der Waals surface area (Å²) in [5.41, 5.74) is 5.20. The molecule has 0 unspecified atom stereocenters. The minimum atomic E-state index is -0.781. The van der Waals surface area contributed by atoms with Crippen molar-refractivity contribution in [2.24, 2.45) is 5.16 Å². The number of nitrogens with zero attached hydrogens (tertiary/aromatic N) is 3. The van der Waals surface area contributed by atoms with E-state index in [1.807, 2.05) is 0 Å². The van der Waals surface area contributed by atoms with Crippen LogP contribution in [0.15, 0.2) is 5.16 Å². The molecule has 0 spiro atoms. The average molecular weight is 271 g/mol. The van der Waals surface area contributed by atoms with Gasteiger partial charge in [0.1, 0.15) is 6.61 Å². The van der Waals surface area contributed by atoms with Crippen LogP contribution in [-0.4, -0.2) is 26.9 Å². The Hall–Kier alpha value is -0.920. The van der Waals surface area contributed by atoms with E-state index in [2.05, 4.69) is 19.4 Å². The summed E-state index contributed by atoms with van der Waals surface area (Å²) < 4.78 is 3.78. The van der Waals surface area contributed by atoms with Crippen LogP contribution in [0.3, 0.4) is 0 Å². The van der Waals surface area contributed by atoms with Crippen LogP contribution in [0.25, 0.3) is 0 Å². The summed E-state index contributed by atoms with van der Waals surface area (Å²) in [7, 11) is 0. The second-order valence-corrected chi connectivity index (χ2v) is 3.21. The Morgan fingerprint density at radius 2 is 2.40 bits per heavy atom. The van der Waals surface area contributed by atoms with Gasteiger partial charge >= 0.3 is 0 Å². The average Bonchev–Trinajstić information content (AvgIpc) is 2.52. The van der Waals surface area contributed by atoms with E-state index in [1.54, 1.807) is 6.92 Å². The van der Waals surface area contributed by atoms with Gasteiger partial charge < -0.3 is 10.6 Å². The Balaban J connectivity index is 0.00000196. The second kappa shape index (κ2) is 6.54. The molecule has 2 N–H and O–H groups in total. The van der Waals surface area contributed by atoms with Crippen LogP contribution in [0.1, 0.15) is 12.7 Å². The van der Waals surface area contributed by atoms with Crippen molar-refractivity contribution in [3.8, 4) is 0 Å². The zero-order valence-electron chi connectivity index (χ0n) is 7.64. The number of rotatable bonds is 4. The summed E-state index contributed by atoms with van der Waals surface area (Å²) in [6.45, 7) is 2.05. The van der Waals surface area contributed by atoms with Crippen LogP contribution in [0.4, 0.5) is 5.13 Å². The molecule has 1 rings (SSSR count). The van der Waals surface area contributed by atoms with Crippen LogP contribution in [0.2, 0.25) is 0 Å². The smallest absolute Gasteiger partial charge is 0.278 e. The zero-order valence-corrected chi connectivity index (χ0v) is 10.0. The van der Waals surface area contributed by atoms with Gasteiger partial charge in [-0.05, 0) is 18.5 Å². The lowest BCUT2D eigenvalue weighted by Gasteiger charge is -1.95. The Bertz CT molecular complexity index is 368. The highest BCUT2D eigenvalue weighted by Gasteiger charge is 2.17. The quantitative estimate of drug-likeness (QED) is 0.502. The van der Waals surface area contributed by atoms with Gasteiger partial charge in [-0.3, -0.25) is 4.79 Å². The molecule has 0 radical (unpaired) electrons. The van der Waals surface area contributed by atoms with E-state index in [9.17, 15) is 4.79 Å². The number of carbonyl (C=O) groups excluding carboxylic acids is 1. The molecule has 0 saturated heterocycles. The van der Waals surface area contributed by atoms with Gasteiger partial charge in [-0.25, -0.2) is 0 Å². The van der Waals surface area contributed by atoms with E-state index >= 15 is 0 Å². The predicted molar refractivity (Wildman–Crippen MR) is 60.6 cm³/mol. The molecule has 9 heteroatoms. The van der Waals surface area contributed by atoms with Gasteiger partial charge in [-0.1, -0.05) is 5.16 Å². The third-order valence-corrected chi connectivity index (χ3v) is 1.85. The zero-order chi connectivity index (χ0) is 10.6. The van der Waals surface area contributed by atoms with Crippen LogP contribution >= 0.6 is 35.5 Å². The first-order valence-corrected chi connectivity index (χ1v) is 4.79. The lowest BCUT2D eigenvalue weighted by Crippen LogP contribution is -2.12. The molecule has 0 fully saturated rings. The van der Waals surface area contributed by atoms with Crippen molar-refractivity contribution in [3.05, 3.63) is 5.82 Å². The summed E-state index contributed by atoms with van der Waals surface area (Å²) >= 11 is 6.21. The summed E-state index contributed by atoms with van der Waals surface area (Å²) in [5.74, 6) is 0.0842. The molecule has 84 valence electrons. The fraction of sp³-hybridized carbons (Fsp3) is 0.333. The maximum absolute atomic E-state index is 10.9. The number of hydrogen-bond donors (Lipinski definition) is 1. The van der Waals surface area contributed by atoms with E-state index in [0.29, 0.717) is 6.61 Å². The molecule has 1 heterocycles. The first-order valence-electron chi connectivity index (χ1n) is 3.64. The van der Waals surface area contributed by atoms with Crippen LogP contribution < -0.4 is 5.73 Å². The second-order valence-electron chi connectivity index (χ2n) is 2.09. The number of halogens is 2. The molecule has 15 heavy (non-hydrogen) atoms. The predicted octanol–water partition coefficient (Wildman–Crippen LogP) is 1.05. The van der Waals surface area contributed by atoms with Crippen molar-refractivity contribution >= 4 is 51.6 Å². The lowest BCUT2D eigenvalue weighted by molar-refractivity contribution is -0.106. The van der Waals surface area contributed by atoms with E-state index in [-0.39, 0.29) is 29.1 Å². The van der Waals surface area contributed by atoms with E-state index in [4.69, 9.17) is 17.3 Å². The summed E-state index contributed by atoms with van der Waals surface area (Å²) in [6.07, 6.45) is 0. The van der Waals surface area contributed by atoms with Gasteiger partial charge in [0.15, 0.2) is 5.13 Å². The minimum Gasteiger partial charge on any atom is -0.395 e. The van der Waals surface area contributed by atoms with Crippen molar-refractivity contribution in [1.82, 2.24) is 9.36 Å². The monoisotopic (exact) mass is 270 g/mol.